The minimum Gasteiger partial charge on any atom is -0.460 e. The Morgan fingerprint density at radius 1 is 1.11 bits per heavy atom. The van der Waals surface area contributed by atoms with E-state index in [9.17, 15) is 4.79 Å². The molecule has 1 amide bonds. The smallest absolute Gasteiger partial charge is 0.316 e. The van der Waals surface area contributed by atoms with E-state index in [0.29, 0.717) is 16.6 Å². The van der Waals surface area contributed by atoms with Gasteiger partial charge >= 0.3 is 6.01 Å². The highest BCUT2D eigenvalue weighted by molar-refractivity contribution is 6.30. The molecule has 0 aliphatic heterocycles. The van der Waals surface area contributed by atoms with Crippen molar-refractivity contribution >= 4 is 23.2 Å². The number of aromatic nitrogens is 2. The summed E-state index contributed by atoms with van der Waals surface area (Å²) in [7, 11) is 0. The first-order chi connectivity index (χ1) is 13.6. The van der Waals surface area contributed by atoms with Gasteiger partial charge in [-0.3, -0.25) is 4.79 Å². The van der Waals surface area contributed by atoms with Crippen LogP contribution in [0.25, 0.3) is 0 Å². The molecule has 6 nitrogen and oxygen atoms in total. The summed E-state index contributed by atoms with van der Waals surface area (Å²) in [6.45, 7) is 6.16. The number of hydrogen-bond acceptors (Lipinski definition) is 5. The first kappa shape index (κ1) is 20.4. The van der Waals surface area contributed by atoms with Gasteiger partial charge in [0.05, 0.1) is 17.4 Å². The van der Waals surface area contributed by atoms with Crippen molar-refractivity contribution in [2.45, 2.75) is 51.7 Å². The second-order valence-electron chi connectivity index (χ2n) is 6.97. The molecule has 1 heterocycles. The van der Waals surface area contributed by atoms with Crippen LogP contribution in [-0.2, 0) is 0 Å². The molecule has 1 aromatic carbocycles. The monoisotopic (exact) mass is 402 g/mol. The molecule has 0 bridgehead atoms. The van der Waals surface area contributed by atoms with Gasteiger partial charge < -0.3 is 15.0 Å². The molecule has 28 heavy (non-hydrogen) atoms. The van der Waals surface area contributed by atoms with E-state index < -0.39 is 0 Å². The van der Waals surface area contributed by atoms with Gasteiger partial charge in [0.25, 0.3) is 5.91 Å². The van der Waals surface area contributed by atoms with Crippen molar-refractivity contribution in [1.82, 2.24) is 15.3 Å². The van der Waals surface area contributed by atoms with Gasteiger partial charge in [0, 0.05) is 30.4 Å². The van der Waals surface area contributed by atoms with Crippen LogP contribution in [0, 0.1) is 0 Å². The van der Waals surface area contributed by atoms with Crippen molar-refractivity contribution in [3.8, 4) is 6.01 Å². The third-order valence-corrected chi connectivity index (χ3v) is 5.33. The van der Waals surface area contributed by atoms with Crippen LogP contribution in [-0.4, -0.2) is 41.1 Å². The number of nitrogens with one attached hydrogen (secondary N) is 1. The minimum atomic E-state index is -0.0171. The fourth-order valence-electron chi connectivity index (χ4n) is 3.52. The number of carbonyl (C=O) groups is 1. The zero-order valence-corrected chi connectivity index (χ0v) is 17.2. The molecule has 0 radical (unpaired) electrons. The summed E-state index contributed by atoms with van der Waals surface area (Å²) in [6.07, 6.45) is 6.60. The second-order valence-corrected chi connectivity index (χ2v) is 7.40. The predicted octanol–water partition coefficient (Wildman–Crippen LogP) is 4.10. The number of ether oxygens (including phenoxy) is 1. The van der Waals surface area contributed by atoms with E-state index in [0.717, 1.165) is 44.5 Å². The quantitative estimate of drug-likeness (QED) is 0.755. The summed E-state index contributed by atoms with van der Waals surface area (Å²) in [5, 5.41) is 3.64. The molecular weight excluding hydrogens is 376 g/mol. The second kappa shape index (κ2) is 9.73. The van der Waals surface area contributed by atoms with Crippen molar-refractivity contribution in [3.63, 3.8) is 0 Å². The molecule has 1 aliphatic carbocycles. The predicted molar refractivity (Wildman–Crippen MR) is 111 cm³/mol. The SMILES string of the molecule is CCN(CC)c1ccc(C(=O)NC2CCC(Oc3ncc(Cl)cn3)CC2)cc1. The van der Waals surface area contributed by atoms with E-state index in [1.54, 1.807) is 0 Å². The third-order valence-electron chi connectivity index (χ3n) is 5.14. The standard InChI is InChI=1S/C21H27ClN4O2/c1-3-26(4-2)18-9-5-15(6-10-18)20(27)25-17-7-11-19(12-8-17)28-21-23-13-16(22)14-24-21/h5-6,9-10,13-14,17,19H,3-4,7-8,11-12H2,1-2H3,(H,25,27). The summed E-state index contributed by atoms with van der Waals surface area (Å²) < 4.78 is 5.81. The Labute approximate surface area is 171 Å². The first-order valence-electron chi connectivity index (χ1n) is 9.89. The minimum absolute atomic E-state index is 0.0171. The Hall–Kier alpha value is -2.34. The average Bonchev–Trinajstić information content (AvgIpc) is 2.72. The first-order valence-corrected chi connectivity index (χ1v) is 10.3. The van der Waals surface area contributed by atoms with Crippen molar-refractivity contribution in [1.29, 1.82) is 0 Å². The molecule has 1 N–H and O–H groups in total. The number of nitrogens with zero attached hydrogens (tertiary/aromatic N) is 3. The van der Waals surface area contributed by atoms with Gasteiger partial charge in [0.15, 0.2) is 0 Å². The van der Waals surface area contributed by atoms with Gasteiger partial charge in [-0.15, -0.1) is 0 Å². The maximum atomic E-state index is 12.5. The maximum Gasteiger partial charge on any atom is 0.316 e. The topological polar surface area (TPSA) is 67.4 Å². The van der Waals surface area contributed by atoms with E-state index in [-0.39, 0.29) is 18.1 Å². The summed E-state index contributed by atoms with van der Waals surface area (Å²) in [5.74, 6) is -0.0171. The Morgan fingerprint density at radius 2 is 1.71 bits per heavy atom. The molecule has 0 atom stereocenters. The Bertz CT molecular complexity index is 755. The summed E-state index contributed by atoms with van der Waals surface area (Å²) >= 11 is 5.79. The van der Waals surface area contributed by atoms with Crippen LogP contribution in [0.2, 0.25) is 5.02 Å². The highest BCUT2D eigenvalue weighted by Crippen LogP contribution is 2.23. The summed E-state index contributed by atoms with van der Waals surface area (Å²) in [6, 6.07) is 8.34. The number of anilines is 1. The van der Waals surface area contributed by atoms with E-state index in [1.165, 1.54) is 12.4 Å². The molecule has 0 saturated heterocycles. The Morgan fingerprint density at radius 3 is 2.29 bits per heavy atom. The molecule has 7 heteroatoms. The number of amides is 1. The lowest BCUT2D eigenvalue weighted by atomic mass is 9.92. The van der Waals surface area contributed by atoms with Crippen LogP contribution in [0.15, 0.2) is 36.7 Å². The van der Waals surface area contributed by atoms with Crippen LogP contribution in [0.4, 0.5) is 5.69 Å². The maximum absolute atomic E-state index is 12.5. The number of rotatable bonds is 7. The lowest BCUT2D eigenvalue weighted by Gasteiger charge is -2.29. The van der Waals surface area contributed by atoms with Gasteiger partial charge in [-0.1, -0.05) is 11.6 Å². The van der Waals surface area contributed by atoms with E-state index in [1.807, 2.05) is 24.3 Å². The van der Waals surface area contributed by atoms with Crippen molar-refractivity contribution < 1.29 is 9.53 Å². The molecule has 0 spiro atoms. The molecule has 2 aromatic rings. The lowest BCUT2D eigenvalue weighted by molar-refractivity contribution is 0.0885. The van der Waals surface area contributed by atoms with E-state index >= 15 is 0 Å². The van der Waals surface area contributed by atoms with Crippen LogP contribution in [0.3, 0.4) is 0 Å². The zero-order chi connectivity index (χ0) is 19.9. The van der Waals surface area contributed by atoms with Gasteiger partial charge in [-0.05, 0) is 63.8 Å². The van der Waals surface area contributed by atoms with Gasteiger partial charge in [-0.25, -0.2) is 9.97 Å². The Kier molecular flexibility index (Phi) is 7.09. The molecule has 0 unspecified atom stereocenters. The average molecular weight is 403 g/mol. The highest BCUT2D eigenvalue weighted by atomic mass is 35.5. The van der Waals surface area contributed by atoms with Gasteiger partial charge in [0.1, 0.15) is 6.10 Å². The molecular formula is C21H27ClN4O2. The highest BCUT2D eigenvalue weighted by Gasteiger charge is 2.24. The molecule has 150 valence electrons. The summed E-state index contributed by atoms with van der Waals surface area (Å²) in [5.41, 5.74) is 1.84. The van der Waals surface area contributed by atoms with Crippen LogP contribution in [0.5, 0.6) is 6.01 Å². The van der Waals surface area contributed by atoms with Crippen LogP contribution in [0.1, 0.15) is 49.9 Å². The van der Waals surface area contributed by atoms with Gasteiger partial charge in [0.2, 0.25) is 0 Å². The van der Waals surface area contributed by atoms with E-state index in [4.69, 9.17) is 16.3 Å². The number of halogens is 1. The van der Waals surface area contributed by atoms with E-state index in [2.05, 4.69) is 34.0 Å². The fourth-order valence-corrected chi connectivity index (χ4v) is 3.61. The largest absolute Gasteiger partial charge is 0.460 e. The molecule has 1 fully saturated rings. The lowest BCUT2D eigenvalue weighted by Crippen LogP contribution is -2.39. The van der Waals surface area contributed by atoms with Crippen molar-refractivity contribution in [2.75, 3.05) is 18.0 Å². The summed E-state index contributed by atoms with van der Waals surface area (Å²) in [4.78, 5) is 23.0. The van der Waals surface area contributed by atoms with Crippen LogP contribution < -0.4 is 15.0 Å². The van der Waals surface area contributed by atoms with Gasteiger partial charge in [-0.2, -0.15) is 0 Å². The normalized spacial score (nSPS) is 19.1. The molecule has 1 aliphatic rings. The zero-order valence-electron chi connectivity index (χ0n) is 16.4. The molecule has 3 rings (SSSR count). The fraction of sp³-hybridized carbons (Fsp3) is 0.476. The van der Waals surface area contributed by atoms with Crippen LogP contribution >= 0.6 is 11.6 Å². The number of carbonyl (C=O) groups excluding carboxylic acids is 1. The molecule has 1 saturated carbocycles. The third kappa shape index (κ3) is 5.35. The van der Waals surface area contributed by atoms with Crippen molar-refractivity contribution in [2.24, 2.45) is 0 Å². The number of benzene rings is 1. The number of hydrogen-bond donors (Lipinski definition) is 1. The molecule has 1 aromatic heterocycles. The van der Waals surface area contributed by atoms with Crippen molar-refractivity contribution in [3.05, 3.63) is 47.2 Å². The Balaban J connectivity index is 1.47.